The molecular formula is C25H26ClN3O3S. The summed E-state index contributed by atoms with van der Waals surface area (Å²) >= 11 is 5.91. The Labute approximate surface area is 200 Å². The van der Waals surface area contributed by atoms with Gasteiger partial charge in [0.1, 0.15) is 0 Å². The number of amides is 1. The molecule has 0 heterocycles. The fraction of sp³-hybridized carbons (Fsp3) is 0.200. The Hall–Kier alpha value is -3.16. The molecule has 6 nitrogen and oxygen atoms in total. The average Bonchev–Trinajstić information content (AvgIpc) is 2.78. The van der Waals surface area contributed by atoms with Gasteiger partial charge >= 0.3 is 0 Å². The lowest BCUT2D eigenvalue weighted by molar-refractivity contribution is 0.0955. The maximum atomic E-state index is 12.4. The maximum Gasteiger partial charge on any atom is 0.271 e. The van der Waals surface area contributed by atoms with Crippen molar-refractivity contribution in [2.45, 2.75) is 26.3 Å². The lowest BCUT2D eigenvalue weighted by Crippen LogP contribution is -2.29. The number of carbonyl (C=O) groups excluding carboxylic acids is 1. The molecule has 1 N–H and O–H groups in total. The fourth-order valence-corrected chi connectivity index (χ4v) is 4.15. The van der Waals surface area contributed by atoms with Gasteiger partial charge in [-0.2, -0.15) is 5.10 Å². The van der Waals surface area contributed by atoms with E-state index in [0.29, 0.717) is 22.2 Å². The molecule has 0 saturated heterocycles. The second-order valence-electron chi connectivity index (χ2n) is 7.96. The van der Waals surface area contributed by atoms with Crippen molar-refractivity contribution in [2.75, 3.05) is 10.6 Å². The van der Waals surface area contributed by atoms with Crippen molar-refractivity contribution in [3.63, 3.8) is 0 Å². The molecule has 0 unspecified atom stereocenters. The molecule has 0 saturated carbocycles. The Morgan fingerprint density at radius 2 is 1.61 bits per heavy atom. The summed E-state index contributed by atoms with van der Waals surface area (Å²) in [5.74, 6) is 0.0590. The summed E-state index contributed by atoms with van der Waals surface area (Å²) in [6, 6.07) is 21.3. The summed E-state index contributed by atoms with van der Waals surface area (Å²) in [5, 5.41) is 4.59. The molecule has 8 heteroatoms. The van der Waals surface area contributed by atoms with Crippen molar-refractivity contribution < 1.29 is 13.2 Å². The van der Waals surface area contributed by atoms with E-state index in [1.165, 1.54) is 9.87 Å². The largest absolute Gasteiger partial charge is 0.271 e. The van der Waals surface area contributed by atoms with Crippen molar-refractivity contribution in [3.05, 3.63) is 100 Å². The minimum atomic E-state index is -3.54. The van der Waals surface area contributed by atoms with Gasteiger partial charge in [0.15, 0.2) is 0 Å². The van der Waals surface area contributed by atoms with E-state index in [9.17, 15) is 13.2 Å². The van der Waals surface area contributed by atoms with Crippen LogP contribution in [0.15, 0.2) is 77.9 Å². The highest BCUT2D eigenvalue weighted by Crippen LogP contribution is 2.22. The van der Waals surface area contributed by atoms with Crippen molar-refractivity contribution in [2.24, 2.45) is 5.10 Å². The van der Waals surface area contributed by atoms with Crippen LogP contribution in [0.1, 0.15) is 46.8 Å². The van der Waals surface area contributed by atoms with Gasteiger partial charge < -0.3 is 0 Å². The zero-order chi connectivity index (χ0) is 24.0. The molecule has 0 spiro atoms. The predicted octanol–water partition coefficient (Wildman–Crippen LogP) is 5.19. The molecule has 1 amide bonds. The first-order valence-electron chi connectivity index (χ1n) is 10.4. The van der Waals surface area contributed by atoms with E-state index in [1.807, 2.05) is 24.3 Å². The van der Waals surface area contributed by atoms with Crippen LogP contribution in [0, 0.1) is 0 Å². The molecule has 0 fully saturated rings. The first-order chi connectivity index (χ1) is 15.6. The number of rotatable bonds is 8. The first-order valence-corrected chi connectivity index (χ1v) is 12.6. The van der Waals surface area contributed by atoms with Crippen LogP contribution in [0.2, 0.25) is 5.02 Å². The molecule has 0 aliphatic heterocycles. The number of carbonyl (C=O) groups is 1. The zero-order valence-electron chi connectivity index (χ0n) is 18.7. The number of hydrazone groups is 1. The first kappa shape index (κ1) is 24.5. The molecule has 0 radical (unpaired) electrons. The zero-order valence-corrected chi connectivity index (χ0v) is 20.3. The highest BCUT2D eigenvalue weighted by atomic mass is 35.5. The van der Waals surface area contributed by atoms with Crippen LogP contribution >= 0.6 is 11.6 Å². The number of halogens is 1. The standard InChI is InChI=1S/C25H26ClN3O3S/c1-18(2)21-8-4-19(5-9-21)16-27-28-25(30)22-10-14-24(15-11-22)29(33(3,31)32)17-20-6-12-23(26)13-7-20/h4-16,18H,17H2,1-3H3,(H,28,30)/b27-16+. The smallest absolute Gasteiger partial charge is 0.267 e. The van der Waals surface area contributed by atoms with Crippen LogP contribution in [-0.4, -0.2) is 26.8 Å². The number of nitrogens with one attached hydrogen (secondary N) is 1. The maximum absolute atomic E-state index is 12.4. The number of hydrogen-bond acceptors (Lipinski definition) is 4. The predicted molar refractivity (Wildman–Crippen MR) is 135 cm³/mol. The highest BCUT2D eigenvalue weighted by molar-refractivity contribution is 7.92. The van der Waals surface area contributed by atoms with E-state index in [1.54, 1.807) is 54.7 Å². The summed E-state index contributed by atoms with van der Waals surface area (Å²) in [4.78, 5) is 12.4. The Kier molecular flexibility index (Phi) is 7.89. The van der Waals surface area contributed by atoms with Gasteiger partial charge in [0.25, 0.3) is 5.91 Å². The fourth-order valence-electron chi connectivity index (χ4n) is 3.13. The van der Waals surface area contributed by atoms with Gasteiger partial charge in [-0.25, -0.2) is 13.8 Å². The molecule has 33 heavy (non-hydrogen) atoms. The average molecular weight is 484 g/mol. The van der Waals surface area contributed by atoms with Crippen LogP contribution in [-0.2, 0) is 16.6 Å². The minimum Gasteiger partial charge on any atom is -0.267 e. The summed E-state index contributed by atoms with van der Waals surface area (Å²) < 4.78 is 26.0. The van der Waals surface area contributed by atoms with Crippen molar-refractivity contribution in [1.29, 1.82) is 0 Å². The van der Waals surface area contributed by atoms with Crippen molar-refractivity contribution >= 4 is 39.4 Å². The van der Waals surface area contributed by atoms with E-state index in [2.05, 4.69) is 24.4 Å². The third kappa shape index (κ3) is 6.91. The molecule has 0 bridgehead atoms. The molecular weight excluding hydrogens is 458 g/mol. The van der Waals surface area contributed by atoms with Gasteiger partial charge in [-0.3, -0.25) is 9.10 Å². The van der Waals surface area contributed by atoms with Gasteiger partial charge in [-0.05, 0) is 59.0 Å². The van der Waals surface area contributed by atoms with E-state index in [4.69, 9.17) is 11.6 Å². The van der Waals surface area contributed by atoms with E-state index in [0.717, 1.165) is 17.4 Å². The number of hydrogen-bond donors (Lipinski definition) is 1. The van der Waals surface area contributed by atoms with Gasteiger partial charge in [0.05, 0.1) is 24.7 Å². The molecule has 3 aromatic rings. The normalized spacial score (nSPS) is 11.7. The lowest BCUT2D eigenvalue weighted by Gasteiger charge is -2.22. The summed E-state index contributed by atoms with van der Waals surface area (Å²) in [6.45, 7) is 4.41. The van der Waals surface area contributed by atoms with Crippen LogP contribution in [0.3, 0.4) is 0 Å². The quantitative estimate of drug-likeness (QED) is 0.353. The Balaban J connectivity index is 1.68. The number of sulfonamides is 1. The Morgan fingerprint density at radius 3 is 2.15 bits per heavy atom. The third-order valence-electron chi connectivity index (χ3n) is 5.04. The van der Waals surface area contributed by atoms with Gasteiger partial charge in [0, 0.05) is 10.6 Å². The highest BCUT2D eigenvalue weighted by Gasteiger charge is 2.18. The number of benzene rings is 3. The monoisotopic (exact) mass is 483 g/mol. The molecule has 172 valence electrons. The number of anilines is 1. The van der Waals surface area contributed by atoms with Crippen LogP contribution in [0.5, 0.6) is 0 Å². The topological polar surface area (TPSA) is 78.8 Å². The molecule has 0 atom stereocenters. The number of nitrogens with zero attached hydrogens (tertiary/aromatic N) is 2. The second-order valence-corrected chi connectivity index (χ2v) is 10.3. The summed E-state index contributed by atoms with van der Waals surface area (Å²) in [7, 11) is -3.54. The minimum absolute atomic E-state index is 0.154. The SMILES string of the molecule is CC(C)c1ccc(/C=N/NC(=O)c2ccc(N(Cc3ccc(Cl)cc3)S(C)(=O)=O)cc2)cc1. The van der Waals surface area contributed by atoms with E-state index < -0.39 is 10.0 Å². The summed E-state index contributed by atoms with van der Waals surface area (Å²) in [5.41, 5.74) is 6.22. The van der Waals surface area contributed by atoms with E-state index in [-0.39, 0.29) is 12.5 Å². The van der Waals surface area contributed by atoms with Crippen LogP contribution in [0.25, 0.3) is 0 Å². The van der Waals surface area contributed by atoms with Gasteiger partial charge in [-0.1, -0.05) is 61.8 Å². The molecule has 0 aromatic heterocycles. The molecule has 3 aromatic carbocycles. The molecule has 0 aliphatic carbocycles. The second kappa shape index (κ2) is 10.6. The Bertz CT molecular complexity index is 1220. The molecule has 3 rings (SSSR count). The van der Waals surface area contributed by atoms with Crippen molar-refractivity contribution in [1.82, 2.24) is 5.43 Å². The van der Waals surface area contributed by atoms with Gasteiger partial charge in [0.2, 0.25) is 10.0 Å². The molecule has 0 aliphatic rings. The Morgan fingerprint density at radius 1 is 1.00 bits per heavy atom. The van der Waals surface area contributed by atoms with Gasteiger partial charge in [-0.15, -0.1) is 0 Å². The van der Waals surface area contributed by atoms with E-state index >= 15 is 0 Å². The van der Waals surface area contributed by atoms with Crippen molar-refractivity contribution in [3.8, 4) is 0 Å². The third-order valence-corrected chi connectivity index (χ3v) is 6.43. The van der Waals surface area contributed by atoms with Crippen LogP contribution in [0.4, 0.5) is 5.69 Å². The van der Waals surface area contributed by atoms with Crippen LogP contribution < -0.4 is 9.73 Å². The lowest BCUT2D eigenvalue weighted by atomic mass is 10.0. The summed E-state index contributed by atoms with van der Waals surface area (Å²) in [6.07, 6.45) is 2.72.